The third-order valence-corrected chi connectivity index (χ3v) is 6.17. The Bertz CT molecular complexity index is 1400. The van der Waals surface area contributed by atoms with Crippen molar-refractivity contribution in [3.05, 3.63) is 84.1 Å². The lowest BCUT2D eigenvalue weighted by Crippen LogP contribution is -2.38. The Morgan fingerprint density at radius 1 is 0.973 bits per heavy atom. The summed E-state index contributed by atoms with van der Waals surface area (Å²) in [5, 5.41) is 9.82. The van der Waals surface area contributed by atoms with Crippen molar-refractivity contribution < 1.29 is 14.3 Å². The standard InChI is InChI=1S/C30H34N4O3/c1-6-17-33(29(36)23-12-11-21-9-7-8-10-22(21)18-23)20-28(35)31-27-19-26(30(2,3)4)32-34(27)24-13-15-25(37-5)16-14-24/h7-16,18-19H,6,17,20H2,1-5H3,(H,31,35). The van der Waals surface area contributed by atoms with Crippen LogP contribution in [-0.2, 0) is 10.2 Å². The predicted octanol–water partition coefficient (Wildman–Crippen LogP) is 5.82. The van der Waals surface area contributed by atoms with Gasteiger partial charge < -0.3 is 15.0 Å². The van der Waals surface area contributed by atoms with Gasteiger partial charge in [-0.15, -0.1) is 0 Å². The van der Waals surface area contributed by atoms with Gasteiger partial charge in [-0.05, 0) is 53.6 Å². The Hall–Kier alpha value is -4.13. The van der Waals surface area contributed by atoms with E-state index in [-0.39, 0.29) is 23.8 Å². The maximum Gasteiger partial charge on any atom is 0.254 e. The van der Waals surface area contributed by atoms with E-state index in [1.54, 1.807) is 16.7 Å². The molecule has 2 amide bonds. The normalized spacial score (nSPS) is 11.4. The zero-order chi connectivity index (χ0) is 26.6. The van der Waals surface area contributed by atoms with Gasteiger partial charge in [-0.1, -0.05) is 58.0 Å². The highest BCUT2D eigenvalue weighted by Crippen LogP contribution is 2.27. The summed E-state index contributed by atoms with van der Waals surface area (Å²) in [6.45, 7) is 8.63. The van der Waals surface area contributed by atoms with Crippen LogP contribution in [0.4, 0.5) is 5.82 Å². The summed E-state index contributed by atoms with van der Waals surface area (Å²) in [6, 6.07) is 22.9. The van der Waals surface area contributed by atoms with Gasteiger partial charge in [0.1, 0.15) is 18.1 Å². The number of hydrogen-bond acceptors (Lipinski definition) is 4. The Morgan fingerprint density at radius 3 is 2.32 bits per heavy atom. The van der Waals surface area contributed by atoms with Crippen LogP contribution in [0.3, 0.4) is 0 Å². The molecule has 0 aliphatic rings. The molecule has 192 valence electrons. The van der Waals surface area contributed by atoms with Crippen LogP contribution in [0.15, 0.2) is 72.8 Å². The molecule has 0 atom stereocenters. The molecule has 0 saturated carbocycles. The molecule has 4 aromatic rings. The number of aromatic nitrogens is 2. The zero-order valence-corrected chi connectivity index (χ0v) is 22.1. The molecule has 0 aliphatic heterocycles. The molecular weight excluding hydrogens is 464 g/mol. The monoisotopic (exact) mass is 498 g/mol. The summed E-state index contributed by atoms with van der Waals surface area (Å²) in [5.74, 6) is 0.842. The van der Waals surface area contributed by atoms with Gasteiger partial charge >= 0.3 is 0 Å². The van der Waals surface area contributed by atoms with E-state index in [0.717, 1.165) is 34.3 Å². The highest BCUT2D eigenvalue weighted by molar-refractivity contribution is 6.01. The van der Waals surface area contributed by atoms with Crippen LogP contribution >= 0.6 is 0 Å². The van der Waals surface area contributed by atoms with Gasteiger partial charge in [0.05, 0.1) is 18.5 Å². The summed E-state index contributed by atoms with van der Waals surface area (Å²) in [7, 11) is 1.62. The molecule has 0 saturated heterocycles. The topological polar surface area (TPSA) is 76.5 Å². The van der Waals surface area contributed by atoms with Crippen LogP contribution in [0.5, 0.6) is 5.75 Å². The molecule has 4 rings (SSSR count). The van der Waals surface area contributed by atoms with Gasteiger partial charge in [0, 0.05) is 23.6 Å². The van der Waals surface area contributed by atoms with Crippen molar-refractivity contribution >= 4 is 28.4 Å². The molecule has 0 fully saturated rings. The Kier molecular flexibility index (Phi) is 7.62. The summed E-state index contributed by atoms with van der Waals surface area (Å²) >= 11 is 0. The van der Waals surface area contributed by atoms with Crippen LogP contribution < -0.4 is 10.1 Å². The first kappa shape index (κ1) is 25.9. The van der Waals surface area contributed by atoms with Crippen LogP contribution in [-0.4, -0.2) is 46.7 Å². The van der Waals surface area contributed by atoms with E-state index in [1.807, 2.05) is 79.7 Å². The van der Waals surface area contributed by atoms with Crippen molar-refractivity contribution in [1.82, 2.24) is 14.7 Å². The van der Waals surface area contributed by atoms with E-state index in [4.69, 9.17) is 9.84 Å². The van der Waals surface area contributed by atoms with Crippen molar-refractivity contribution in [1.29, 1.82) is 0 Å². The number of rotatable bonds is 8. The summed E-state index contributed by atoms with van der Waals surface area (Å²) < 4.78 is 6.99. The van der Waals surface area contributed by atoms with Gasteiger partial charge in [-0.25, -0.2) is 4.68 Å². The second kappa shape index (κ2) is 10.9. The van der Waals surface area contributed by atoms with Gasteiger partial charge in [-0.3, -0.25) is 9.59 Å². The molecule has 0 aliphatic carbocycles. The van der Waals surface area contributed by atoms with Crippen molar-refractivity contribution in [2.75, 3.05) is 25.5 Å². The van der Waals surface area contributed by atoms with Gasteiger partial charge in [0.25, 0.3) is 5.91 Å². The number of amides is 2. The number of anilines is 1. The minimum Gasteiger partial charge on any atom is -0.497 e. The molecule has 1 heterocycles. The van der Waals surface area contributed by atoms with Crippen molar-refractivity contribution in [3.63, 3.8) is 0 Å². The zero-order valence-electron chi connectivity index (χ0n) is 22.1. The van der Waals surface area contributed by atoms with Crippen LogP contribution in [0.2, 0.25) is 0 Å². The largest absolute Gasteiger partial charge is 0.497 e. The smallest absolute Gasteiger partial charge is 0.254 e. The Balaban J connectivity index is 1.57. The summed E-state index contributed by atoms with van der Waals surface area (Å²) in [4.78, 5) is 28.2. The lowest BCUT2D eigenvalue weighted by Gasteiger charge is -2.22. The highest BCUT2D eigenvalue weighted by atomic mass is 16.5. The maximum absolute atomic E-state index is 13.4. The quantitative estimate of drug-likeness (QED) is 0.332. The number of benzene rings is 3. The van der Waals surface area contributed by atoms with Crippen molar-refractivity contribution in [2.24, 2.45) is 0 Å². The molecule has 0 spiro atoms. The average Bonchev–Trinajstić information content (AvgIpc) is 3.32. The molecule has 37 heavy (non-hydrogen) atoms. The number of ether oxygens (including phenoxy) is 1. The number of hydrogen-bond donors (Lipinski definition) is 1. The average molecular weight is 499 g/mol. The van der Waals surface area contributed by atoms with E-state index in [0.29, 0.717) is 17.9 Å². The number of carbonyl (C=O) groups is 2. The fourth-order valence-corrected chi connectivity index (χ4v) is 4.14. The molecule has 7 nitrogen and oxygen atoms in total. The molecule has 1 N–H and O–H groups in total. The Morgan fingerprint density at radius 2 is 1.68 bits per heavy atom. The van der Waals surface area contributed by atoms with Crippen LogP contribution in [0.25, 0.3) is 16.5 Å². The van der Waals surface area contributed by atoms with E-state index in [9.17, 15) is 9.59 Å². The molecule has 1 aromatic heterocycles. The van der Waals surface area contributed by atoms with Gasteiger partial charge in [-0.2, -0.15) is 5.10 Å². The fourth-order valence-electron chi connectivity index (χ4n) is 4.14. The lowest BCUT2D eigenvalue weighted by atomic mass is 9.92. The van der Waals surface area contributed by atoms with Crippen molar-refractivity contribution in [3.8, 4) is 11.4 Å². The molecule has 0 unspecified atom stereocenters. The van der Waals surface area contributed by atoms with E-state index >= 15 is 0 Å². The minimum atomic E-state index is -0.280. The predicted molar refractivity (Wildman–Crippen MR) is 148 cm³/mol. The molecule has 7 heteroatoms. The molecule has 0 bridgehead atoms. The summed E-state index contributed by atoms with van der Waals surface area (Å²) in [6.07, 6.45) is 0.741. The highest BCUT2D eigenvalue weighted by Gasteiger charge is 2.23. The Labute approximate surface area is 218 Å². The minimum absolute atomic E-state index is 0.0574. The van der Waals surface area contributed by atoms with Crippen molar-refractivity contribution in [2.45, 2.75) is 39.5 Å². The third kappa shape index (κ3) is 6.00. The number of carbonyl (C=O) groups excluding carboxylic acids is 2. The molecular formula is C30H34N4O3. The molecule has 0 radical (unpaired) electrons. The molecule has 3 aromatic carbocycles. The third-order valence-electron chi connectivity index (χ3n) is 6.17. The van der Waals surface area contributed by atoms with Gasteiger partial charge in [0.15, 0.2) is 0 Å². The van der Waals surface area contributed by atoms with E-state index in [1.165, 1.54) is 0 Å². The first-order valence-electron chi connectivity index (χ1n) is 12.5. The lowest BCUT2D eigenvalue weighted by molar-refractivity contribution is -0.116. The SMILES string of the molecule is CCCN(CC(=O)Nc1cc(C(C)(C)C)nn1-c1ccc(OC)cc1)C(=O)c1ccc2ccccc2c1. The number of methoxy groups -OCH3 is 1. The number of fused-ring (bicyclic) bond motifs is 1. The second-order valence-electron chi connectivity index (χ2n) is 10.1. The second-order valence-corrected chi connectivity index (χ2v) is 10.1. The van der Waals surface area contributed by atoms with Crippen LogP contribution in [0.1, 0.15) is 50.2 Å². The maximum atomic E-state index is 13.4. The first-order valence-corrected chi connectivity index (χ1v) is 12.5. The van der Waals surface area contributed by atoms with Crippen LogP contribution in [0, 0.1) is 0 Å². The number of nitrogens with zero attached hydrogens (tertiary/aromatic N) is 3. The fraction of sp³-hybridized carbons (Fsp3) is 0.300. The number of nitrogens with one attached hydrogen (secondary N) is 1. The van der Waals surface area contributed by atoms with Gasteiger partial charge in [0.2, 0.25) is 5.91 Å². The first-order chi connectivity index (χ1) is 17.7. The van der Waals surface area contributed by atoms with E-state index < -0.39 is 0 Å². The summed E-state index contributed by atoms with van der Waals surface area (Å²) in [5.41, 5.74) is 2.00. The van der Waals surface area contributed by atoms with E-state index in [2.05, 4.69) is 26.1 Å².